The molecule has 1 aromatic carbocycles. The Kier molecular flexibility index (Phi) is 7.99. The van der Waals surface area contributed by atoms with Crippen LogP contribution in [-0.4, -0.2) is 90.2 Å². The lowest BCUT2D eigenvalue weighted by molar-refractivity contribution is -0.139. The number of aromatic nitrogens is 2. The Labute approximate surface area is 231 Å². The minimum absolute atomic E-state index is 0.166. The Morgan fingerprint density at radius 1 is 1.15 bits per heavy atom. The van der Waals surface area contributed by atoms with Gasteiger partial charge in [0.05, 0.1) is 18.0 Å². The van der Waals surface area contributed by atoms with Gasteiger partial charge in [-0.15, -0.1) is 0 Å². The summed E-state index contributed by atoms with van der Waals surface area (Å²) in [5.74, 6) is -2.15. The normalized spacial score (nSPS) is 20.0. The van der Waals surface area contributed by atoms with E-state index in [4.69, 9.17) is 9.47 Å². The molecule has 3 aliphatic rings. The van der Waals surface area contributed by atoms with Gasteiger partial charge in [0.2, 0.25) is 15.8 Å². The topological polar surface area (TPSA) is 143 Å². The summed E-state index contributed by atoms with van der Waals surface area (Å²) in [6, 6.07) is 3.63. The van der Waals surface area contributed by atoms with Gasteiger partial charge in [-0.3, -0.25) is 19.1 Å². The molecule has 218 valence electrons. The van der Waals surface area contributed by atoms with Gasteiger partial charge in [-0.2, -0.15) is 4.31 Å². The number of carbonyl (C=O) groups excluding carboxylic acids is 1. The zero-order chi connectivity index (χ0) is 28.7. The summed E-state index contributed by atoms with van der Waals surface area (Å²) in [5.41, 5.74) is -1.98. The second-order valence-electron chi connectivity index (χ2n) is 10.5. The summed E-state index contributed by atoms with van der Waals surface area (Å²) >= 11 is 0. The third kappa shape index (κ3) is 5.26. The number of piperazine rings is 1. The highest BCUT2D eigenvalue weighted by atomic mass is 32.2. The molecule has 1 amide bonds. The first-order chi connectivity index (χ1) is 19.0. The molecule has 1 spiro atoms. The molecule has 0 atom stereocenters. The Morgan fingerprint density at radius 3 is 2.52 bits per heavy atom. The van der Waals surface area contributed by atoms with Crippen LogP contribution in [0.15, 0.2) is 27.9 Å². The van der Waals surface area contributed by atoms with Crippen LogP contribution in [0.3, 0.4) is 0 Å². The first-order valence-electron chi connectivity index (χ1n) is 13.4. The first-order valence-corrected chi connectivity index (χ1v) is 14.8. The smallest absolute Gasteiger partial charge is 0.296 e. The molecule has 40 heavy (non-hydrogen) atoms. The number of sulfonamides is 1. The van der Waals surface area contributed by atoms with E-state index in [1.807, 2.05) is 13.8 Å². The maximum absolute atomic E-state index is 14.2. The Bertz CT molecular complexity index is 1450. The number of nitrogens with one attached hydrogen (secondary N) is 1. The first kappa shape index (κ1) is 28.6. The number of amides is 1. The van der Waals surface area contributed by atoms with Gasteiger partial charge < -0.3 is 19.9 Å². The van der Waals surface area contributed by atoms with E-state index in [0.29, 0.717) is 39.1 Å². The van der Waals surface area contributed by atoms with Gasteiger partial charge in [0.25, 0.3) is 11.5 Å². The van der Waals surface area contributed by atoms with Crippen molar-refractivity contribution in [3.8, 4) is 5.75 Å². The highest BCUT2D eigenvalue weighted by Gasteiger charge is 2.43. The van der Waals surface area contributed by atoms with Gasteiger partial charge in [-0.25, -0.2) is 17.8 Å². The average Bonchev–Trinajstić information content (AvgIpc) is 2.95. The largest absolute Gasteiger partial charge is 0.501 e. The van der Waals surface area contributed by atoms with Crippen molar-refractivity contribution >= 4 is 15.9 Å². The van der Waals surface area contributed by atoms with E-state index in [0.717, 1.165) is 12.1 Å². The van der Waals surface area contributed by atoms with Gasteiger partial charge in [0.15, 0.2) is 5.69 Å². The molecule has 0 saturated carbocycles. The zero-order valence-corrected chi connectivity index (χ0v) is 23.4. The molecule has 1 aromatic heterocycles. The fourth-order valence-corrected chi connectivity index (χ4v) is 7.15. The highest BCUT2D eigenvalue weighted by molar-refractivity contribution is 7.89. The van der Waals surface area contributed by atoms with E-state index in [-0.39, 0.29) is 55.1 Å². The van der Waals surface area contributed by atoms with Gasteiger partial charge in [-0.05, 0) is 31.5 Å². The van der Waals surface area contributed by atoms with Crippen molar-refractivity contribution < 1.29 is 32.2 Å². The van der Waals surface area contributed by atoms with Crippen molar-refractivity contribution in [3.05, 3.63) is 51.5 Å². The maximum Gasteiger partial charge on any atom is 0.296 e. The van der Waals surface area contributed by atoms with Crippen LogP contribution in [0.2, 0.25) is 0 Å². The molecule has 0 bridgehead atoms. The molecule has 14 heteroatoms. The molecule has 12 nitrogen and oxygen atoms in total. The number of hydrogen-bond donors (Lipinski definition) is 2. The average molecular weight is 580 g/mol. The van der Waals surface area contributed by atoms with Gasteiger partial charge >= 0.3 is 0 Å². The van der Waals surface area contributed by atoms with Crippen LogP contribution in [0.4, 0.5) is 4.39 Å². The third-order valence-electron chi connectivity index (χ3n) is 7.85. The van der Waals surface area contributed by atoms with E-state index in [9.17, 15) is 27.5 Å². The van der Waals surface area contributed by atoms with Crippen molar-refractivity contribution in [2.45, 2.75) is 56.3 Å². The van der Waals surface area contributed by atoms with E-state index in [2.05, 4.69) is 15.2 Å². The molecule has 0 radical (unpaired) electrons. The number of aromatic hydroxyl groups is 1. The maximum atomic E-state index is 14.2. The van der Waals surface area contributed by atoms with Crippen LogP contribution in [0.5, 0.6) is 5.75 Å². The number of ether oxygens (including phenoxy) is 2. The van der Waals surface area contributed by atoms with Crippen molar-refractivity contribution in [3.63, 3.8) is 0 Å². The lowest BCUT2D eigenvalue weighted by Gasteiger charge is -2.40. The summed E-state index contributed by atoms with van der Waals surface area (Å²) in [6.07, 6.45) is 0.876. The Morgan fingerprint density at radius 2 is 1.85 bits per heavy atom. The van der Waals surface area contributed by atoms with Crippen molar-refractivity contribution in [1.82, 2.24) is 24.1 Å². The fraction of sp³-hybridized carbons (Fsp3) is 0.577. The molecular formula is C26H34FN5O7S. The van der Waals surface area contributed by atoms with Gasteiger partial charge in [0, 0.05) is 64.8 Å². The van der Waals surface area contributed by atoms with Crippen LogP contribution in [0.25, 0.3) is 0 Å². The number of benzene rings is 1. The van der Waals surface area contributed by atoms with E-state index in [1.54, 1.807) is 0 Å². The van der Waals surface area contributed by atoms with Crippen LogP contribution >= 0.6 is 0 Å². The number of halogens is 1. The molecule has 2 aromatic rings. The van der Waals surface area contributed by atoms with Crippen LogP contribution in [0.1, 0.15) is 48.6 Å². The summed E-state index contributed by atoms with van der Waals surface area (Å²) in [5, 5.41) is 13.1. The fourth-order valence-electron chi connectivity index (χ4n) is 5.50. The van der Waals surface area contributed by atoms with E-state index in [1.165, 1.54) is 14.9 Å². The standard InChI is InChI=1S/C26H34FN5O7S/c1-17(2)30-7-9-31(10-8-30)40(36,37)20-15-19(27)4-3-18(20)16-28-23(34)21-22(33)24(35)32-11-14-39-26(25(32)29-21)5-12-38-13-6-26/h3-4,15,17,33H,5-14,16H2,1-2H3,(H,28,34). The molecule has 3 aliphatic heterocycles. The monoisotopic (exact) mass is 579 g/mol. The molecule has 2 N–H and O–H groups in total. The minimum atomic E-state index is -4.05. The number of fused-ring (bicyclic) bond motifs is 2. The molecule has 0 aliphatic carbocycles. The zero-order valence-electron chi connectivity index (χ0n) is 22.6. The van der Waals surface area contributed by atoms with Gasteiger partial charge in [0.1, 0.15) is 17.2 Å². The second-order valence-corrected chi connectivity index (χ2v) is 12.4. The Hall–Kier alpha value is -2.91. The lowest BCUT2D eigenvalue weighted by Crippen LogP contribution is -2.50. The van der Waals surface area contributed by atoms with Crippen LogP contribution in [-0.2, 0) is 38.2 Å². The summed E-state index contributed by atoms with van der Waals surface area (Å²) < 4.78 is 55.3. The molecule has 2 saturated heterocycles. The molecule has 0 unspecified atom stereocenters. The van der Waals surface area contributed by atoms with Crippen molar-refractivity contribution in [2.75, 3.05) is 46.0 Å². The van der Waals surface area contributed by atoms with E-state index >= 15 is 0 Å². The van der Waals surface area contributed by atoms with Gasteiger partial charge in [-0.1, -0.05) is 6.07 Å². The number of nitrogens with zero attached hydrogens (tertiary/aromatic N) is 4. The summed E-state index contributed by atoms with van der Waals surface area (Å²) in [4.78, 5) is 32.5. The van der Waals surface area contributed by atoms with Crippen LogP contribution < -0.4 is 10.9 Å². The number of hydrogen-bond acceptors (Lipinski definition) is 9. The third-order valence-corrected chi connectivity index (χ3v) is 9.83. The van der Waals surface area contributed by atoms with E-state index < -0.39 is 44.4 Å². The second kappa shape index (κ2) is 11.2. The van der Waals surface area contributed by atoms with Crippen molar-refractivity contribution in [2.24, 2.45) is 0 Å². The molecule has 5 rings (SSSR count). The SMILES string of the molecule is CC(C)N1CCN(S(=O)(=O)c2cc(F)ccc2CNC(=O)c2nc3n(c(=O)c2O)CCOC32CCOCC2)CC1. The highest BCUT2D eigenvalue weighted by Crippen LogP contribution is 2.37. The number of rotatable bonds is 6. The van der Waals surface area contributed by atoms with Crippen LogP contribution in [0, 0.1) is 5.82 Å². The lowest BCUT2D eigenvalue weighted by atomic mass is 9.91. The summed E-state index contributed by atoms with van der Waals surface area (Å²) in [6.45, 7) is 6.63. The predicted octanol–water partition coefficient (Wildman–Crippen LogP) is 0.769. The molecule has 2 fully saturated rings. The Balaban J connectivity index is 1.39. The van der Waals surface area contributed by atoms with Crippen molar-refractivity contribution in [1.29, 1.82) is 0 Å². The number of carbonyl (C=O) groups is 1. The molecular weight excluding hydrogens is 545 g/mol. The quantitative estimate of drug-likeness (QED) is 0.507. The summed E-state index contributed by atoms with van der Waals surface area (Å²) in [7, 11) is -4.05. The predicted molar refractivity (Wildman–Crippen MR) is 141 cm³/mol. The molecule has 4 heterocycles. The minimum Gasteiger partial charge on any atom is -0.501 e.